The van der Waals surface area contributed by atoms with E-state index in [0.29, 0.717) is 12.1 Å². The van der Waals surface area contributed by atoms with E-state index in [1.54, 1.807) is 24.4 Å². The Bertz CT molecular complexity index is 479. The highest BCUT2D eigenvalue weighted by atomic mass is 79.9. The summed E-state index contributed by atoms with van der Waals surface area (Å²) in [5, 5.41) is 12.3. The van der Waals surface area contributed by atoms with Crippen molar-refractivity contribution in [3.63, 3.8) is 0 Å². The number of oxime groups is 1. The molecule has 0 aliphatic rings. The molecule has 0 unspecified atom stereocenters. The fourth-order valence-electron chi connectivity index (χ4n) is 1.32. The summed E-state index contributed by atoms with van der Waals surface area (Å²) in [6, 6.07) is 3.72. The molecular weight excluding hydrogens is 304 g/mol. The number of rotatable bonds is 5. The molecule has 0 spiro atoms. The van der Waals surface area contributed by atoms with Crippen molar-refractivity contribution in [1.29, 1.82) is 0 Å². The standard InChI is InChI=1S/C13H13BrN2O.C2H6/c1-3-5-10(4-2)13(16-17)9-12-8-11(14)6-7-15-12;1-2/h3-8,17H,1-2,9H2;1-2H3/b10-5+,16-13-;. The predicted octanol–water partition coefficient (Wildman–Crippen LogP) is 4.54. The maximum absolute atomic E-state index is 9.01. The second-order valence-corrected chi connectivity index (χ2v) is 4.17. The lowest BCUT2D eigenvalue weighted by molar-refractivity contribution is 0.318. The summed E-state index contributed by atoms with van der Waals surface area (Å²) in [6.07, 6.45) is 7.10. The van der Waals surface area contributed by atoms with Crippen LogP contribution in [0.15, 0.2) is 64.9 Å². The average Bonchev–Trinajstić information content (AvgIpc) is 2.45. The maximum Gasteiger partial charge on any atom is 0.0927 e. The lowest BCUT2D eigenvalue weighted by Crippen LogP contribution is -2.07. The van der Waals surface area contributed by atoms with Gasteiger partial charge < -0.3 is 5.21 Å². The fourth-order valence-corrected chi connectivity index (χ4v) is 1.70. The number of hydrogen-bond donors (Lipinski definition) is 1. The molecule has 1 aromatic rings. The summed E-state index contributed by atoms with van der Waals surface area (Å²) in [5.74, 6) is 0. The Hall–Kier alpha value is -1.68. The molecule has 19 heavy (non-hydrogen) atoms. The summed E-state index contributed by atoms with van der Waals surface area (Å²) >= 11 is 3.37. The summed E-state index contributed by atoms with van der Waals surface area (Å²) < 4.78 is 0.938. The highest BCUT2D eigenvalue weighted by molar-refractivity contribution is 9.10. The Morgan fingerprint density at radius 2 is 2.16 bits per heavy atom. The van der Waals surface area contributed by atoms with E-state index >= 15 is 0 Å². The average molecular weight is 323 g/mol. The topological polar surface area (TPSA) is 45.5 Å². The quantitative estimate of drug-likeness (QED) is 0.374. The lowest BCUT2D eigenvalue weighted by atomic mass is 10.1. The highest BCUT2D eigenvalue weighted by Crippen LogP contribution is 2.12. The zero-order valence-electron chi connectivity index (χ0n) is 11.3. The molecule has 1 rings (SSSR count). The summed E-state index contributed by atoms with van der Waals surface area (Å²) in [6.45, 7) is 11.3. The minimum atomic E-state index is 0.432. The highest BCUT2D eigenvalue weighted by Gasteiger charge is 2.07. The van der Waals surface area contributed by atoms with Crippen LogP contribution in [0.2, 0.25) is 0 Å². The van der Waals surface area contributed by atoms with Gasteiger partial charge in [-0.05, 0) is 17.7 Å². The molecule has 0 aliphatic carbocycles. The third-order valence-corrected chi connectivity index (χ3v) is 2.59. The third-order valence-electron chi connectivity index (χ3n) is 2.10. The van der Waals surface area contributed by atoms with Crippen LogP contribution >= 0.6 is 15.9 Å². The van der Waals surface area contributed by atoms with E-state index < -0.39 is 0 Å². The number of halogens is 1. The van der Waals surface area contributed by atoms with Crippen LogP contribution in [-0.2, 0) is 6.42 Å². The van der Waals surface area contributed by atoms with Crippen LogP contribution in [0.25, 0.3) is 0 Å². The molecule has 0 atom stereocenters. The van der Waals surface area contributed by atoms with Crippen LogP contribution in [0.3, 0.4) is 0 Å². The van der Waals surface area contributed by atoms with E-state index in [4.69, 9.17) is 5.21 Å². The first kappa shape index (κ1) is 17.3. The smallest absolute Gasteiger partial charge is 0.0927 e. The Labute approximate surface area is 123 Å². The van der Waals surface area contributed by atoms with Crippen molar-refractivity contribution in [3.05, 3.63) is 65.5 Å². The van der Waals surface area contributed by atoms with Crippen molar-refractivity contribution in [2.45, 2.75) is 20.3 Å². The Morgan fingerprint density at radius 1 is 1.47 bits per heavy atom. The molecule has 1 N–H and O–H groups in total. The van der Waals surface area contributed by atoms with Gasteiger partial charge in [0.2, 0.25) is 0 Å². The van der Waals surface area contributed by atoms with Gasteiger partial charge in [0, 0.05) is 22.8 Å². The van der Waals surface area contributed by atoms with E-state index in [1.165, 1.54) is 0 Å². The minimum Gasteiger partial charge on any atom is -0.411 e. The van der Waals surface area contributed by atoms with Gasteiger partial charge in [-0.3, -0.25) is 4.98 Å². The Balaban J connectivity index is 0.00000154. The second kappa shape index (κ2) is 10.3. The van der Waals surface area contributed by atoms with Crippen molar-refractivity contribution in [2.75, 3.05) is 0 Å². The molecule has 3 nitrogen and oxygen atoms in total. The van der Waals surface area contributed by atoms with Gasteiger partial charge in [-0.1, -0.05) is 66.3 Å². The first-order valence-electron chi connectivity index (χ1n) is 5.98. The monoisotopic (exact) mass is 322 g/mol. The number of hydrogen-bond acceptors (Lipinski definition) is 3. The zero-order valence-corrected chi connectivity index (χ0v) is 12.9. The van der Waals surface area contributed by atoms with Crippen molar-refractivity contribution in [1.82, 2.24) is 4.98 Å². The normalized spacial score (nSPS) is 11.3. The van der Waals surface area contributed by atoms with Crippen LogP contribution in [0.5, 0.6) is 0 Å². The summed E-state index contributed by atoms with van der Waals surface area (Å²) in [5.41, 5.74) is 2.04. The number of nitrogens with zero attached hydrogens (tertiary/aromatic N) is 2. The summed E-state index contributed by atoms with van der Waals surface area (Å²) in [4.78, 5) is 4.19. The molecule has 4 heteroatoms. The number of pyridine rings is 1. The molecule has 0 aromatic carbocycles. The Kier molecular flexibility index (Phi) is 9.35. The molecule has 0 radical (unpaired) electrons. The van der Waals surface area contributed by atoms with Crippen molar-refractivity contribution in [3.8, 4) is 0 Å². The fraction of sp³-hybridized carbons (Fsp3) is 0.200. The van der Waals surface area contributed by atoms with Gasteiger partial charge in [0.1, 0.15) is 0 Å². The Morgan fingerprint density at radius 3 is 2.63 bits per heavy atom. The molecule has 0 amide bonds. The van der Waals surface area contributed by atoms with Gasteiger partial charge in [0.15, 0.2) is 0 Å². The van der Waals surface area contributed by atoms with Gasteiger partial charge >= 0.3 is 0 Å². The van der Waals surface area contributed by atoms with E-state index in [0.717, 1.165) is 15.7 Å². The van der Waals surface area contributed by atoms with Crippen molar-refractivity contribution >= 4 is 21.6 Å². The van der Waals surface area contributed by atoms with Crippen LogP contribution in [-0.4, -0.2) is 15.9 Å². The zero-order chi connectivity index (χ0) is 14.7. The molecule has 0 saturated heterocycles. The van der Waals surface area contributed by atoms with E-state index in [1.807, 2.05) is 26.0 Å². The first-order chi connectivity index (χ1) is 9.21. The molecular formula is C15H19BrN2O. The molecule has 0 saturated carbocycles. The number of aromatic nitrogens is 1. The van der Waals surface area contributed by atoms with Gasteiger partial charge in [-0.15, -0.1) is 0 Å². The molecule has 0 fully saturated rings. The molecule has 0 aliphatic heterocycles. The molecule has 1 heterocycles. The third kappa shape index (κ3) is 6.15. The van der Waals surface area contributed by atoms with Gasteiger partial charge in [-0.25, -0.2) is 0 Å². The van der Waals surface area contributed by atoms with Gasteiger partial charge in [0.05, 0.1) is 5.71 Å². The van der Waals surface area contributed by atoms with E-state index in [2.05, 4.69) is 39.2 Å². The van der Waals surface area contributed by atoms with E-state index in [-0.39, 0.29) is 0 Å². The first-order valence-corrected chi connectivity index (χ1v) is 6.77. The van der Waals surface area contributed by atoms with Crippen LogP contribution in [0.4, 0.5) is 0 Å². The SMILES string of the molecule is C=C/C=C(C=C)/C(Cc1cc(Br)ccn1)=N\O.CC. The van der Waals surface area contributed by atoms with Crippen LogP contribution in [0.1, 0.15) is 19.5 Å². The number of allylic oxidation sites excluding steroid dienone is 4. The van der Waals surface area contributed by atoms with Gasteiger partial charge in [0.25, 0.3) is 0 Å². The summed E-state index contributed by atoms with van der Waals surface area (Å²) in [7, 11) is 0. The van der Waals surface area contributed by atoms with Crippen molar-refractivity contribution < 1.29 is 5.21 Å². The minimum absolute atomic E-state index is 0.432. The largest absolute Gasteiger partial charge is 0.411 e. The second-order valence-electron chi connectivity index (χ2n) is 3.25. The van der Waals surface area contributed by atoms with Gasteiger partial charge in [-0.2, -0.15) is 0 Å². The van der Waals surface area contributed by atoms with Crippen LogP contribution < -0.4 is 0 Å². The molecule has 102 valence electrons. The lowest BCUT2D eigenvalue weighted by Gasteiger charge is -2.05. The van der Waals surface area contributed by atoms with Crippen LogP contribution in [0, 0.1) is 0 Å². The molecule has 1 aromatic heterocycles. The predicted molar refractivity (Wildman–Crippen MR) is 84.7 cm³/mol. The molecule has 0 bridgehead atoms. The van der Waals surface area contributed by atoms with Crippen molar-refractivity contribution in [2.24, 2.45) is 5.16 Å². The maximum atomic E-state index is 9.01. The van der Waals surface area contributed by atoms with E-state index in [9.17, 15) is 0 Å².